The molecule has 0 bridgehead atoms. The number of aromatic nitrogens is 3. The minimum Gasteiger partial charge on any atom is -0.475 e. The number of aliphatic carboxylic acids is 1. The highest BCUT2D eigenvalue weighted by Crippen LogP contribution is 2.21. The molecule has 168 valence electrons. The van der Waals surface area contributed by atoms with Crippen LogP contribution in [0.2, 0.25) is 0 Å². The second-order valence-corrected chi connectivity index (χ2v) is 7.23. The quantitative estimate of drug-likeness (QED) is 0.693. The maximum Gasteiger partial charge on any atom is 0.490 e. The number of hydrogen-bond acceptors (Lipinski definition) is 6. The number of carbonyl (C=O) groups is 1. The average Bonchev–Trinajstić information content (AvgIpc) is 3.33. The third-order valence-electron chi connectivity index (χ3n) is 4.74. The van der Waals surface area contributed by atoms with Crippen LogP contribution >= 0.6 is 0 Å². The first-order chi connectivity index (χ1) is 14.2. The molecule has 0 atom stereocenters. The SMILES string of the molecule is CCCc1ccc(CN2CCC(Cn3cc(CO)nn3)CC2)o1.O=C(O)C(F)(F)F. The Hall–Kier alpha value is -2.40. The maximum absolute atomic E-state index is 10.6. The molecule has 0 unspecified atom stereocenters. The first kappa shape index (κ1) is 23.9. The van der Waals surface area contributed by atoms with E-state index >= 15 is 0 Å². The van der Waals surface area contributed by atoms with Crippen molar-refractivity contribution in [2.75, 3.05) is 13.1 Å². The van der Waals surface area contributed by atoms with Gasteiger partial charge in [0.05, 0.1) is 19.3 Å². The Kier molecular flexibility index (Phi) is 8.85. The largest absolute Gasteiger partial charge is 0.490 e. The van der Waals surface area contributed by atoms with Gasteiger partial charge in [-0.2, -0.15) is 13.2 Å². The van der Waals surface area contributed by atoms with Crippen molar-refractivity contribution in [2.24, 2.45) is 5.92 Å². The Bertz CT molecular complexity index is 783. The Balaban J connectivity index is 0.000000396. The molecule has 0 amide bonds. The number of aryl methyl sites for hydroxylation is 1. The molecule has 3 rings (SSSR count). The summed E-state index contributed by atoms with van der Waals surface area (Å²) in [4.78, 5) is 11.4. The molecule has 0 radical (unpaired) electrons. The van der Waals surface area contributed by atoms with Crippen molar-refractivity contribution in [3.8, 4) is 0 Å². The van der Waals surface area contributed by atoms with Crippen LogP contribution in [0, 0.1) is 5.92 Å². The number of rotatable bonds is 7. The summed E-state index contributed by atoms with van der Waals surface area (Å²) in [6, 6.07) is 4.22. The number of nitrogens with zero attached hydrogens (tertiary/aromatic N) is 4. The molecule has 11 heteroatoms. The van der Waals surface area contributed by atoms with Crippen LogP contribution in [0.4, 0.5) is 13.2 Å². The highest BCUT2D eigenvalue weighted by molar-refractivity contribution is 5.73. The second kappa shape index (κ2) is 11.1. The number of piperidine rings is 1. The lowest BCUT2D eigenvalue weighted by Crippen LogP contribution is -2.34. The molecule has 2 aromatic heterocycles. The fraction of sp³-hybridized carbons (Fsp3) is 0.632. The fourth-order valence-corrected chi connectivity index (χ4v) is 3.20. The molecule has 8 nitrogen and oxygen atoms in total. The molecule has 0 saturated carbocycles. The van der Waals surface area contributed by atoms with Crippen molar-refractivity contribution >= 4 is 5.97 Å². The zero-order valence-corrected chi connectivity index (χ0v) is 16.8. The van der Waals surface area contributed by atoms with E-state index in [9.17, 15) is 13.2 Å². The second-order valence-electron chi connectivity index (χ2n) is 7.23. The van der Waals surface area contributed by atoms with E-state index in [1.807, 2.05) is 10.9 Å². The van der Waals surface area contributed by atoms with Crippen LogP contribution in [0.25, 0.3) is 0 Å². The lowest BCUT2D eigenvalue weighted by atomic mass is 9.97. The third-order valence-corrected chi connectivity index (χ3v) is 4.74. The van der Waals surface area contributed by atoms with Crippen molar-refractivity contribution in [2.45, 2.75) is 58.5 Å². The molecule has 0 aromatic carbocycles. The summed E-state index contributed by atoms with van der Waals surface area (Å²) in [6.07, 6.45) is 1.23. The minimum atomic E-state index is -5.08. The highest BCUT2D eigenvalue weighted by Gasteiger charge is 2.38. The van der Waals surface area contributed by atoms with Crippen LogP contribution in [0.1, 0.15) is 43.4 Å². The lowest BCUT2D eigenvalue weighted by Gasteiger charge is -2.31. The van der Waals surface area contributed by atoms with Gasteiger partial charge in [0.15, 0.2) is 0 Å². The Labute approximate surface area is 172 Å². The minimum absolute atomic E-state index is 0.0401. The van der Waals surface area contributed by atoms with Gasteiger partial charge in [-0.05, 0) is 50.4 Å². The van der Waals surface area contributed by atoms with E-state index in [0.717, 1.165) is 63.4 Å². The normalized spacial score (nSPS) is 15.6. The molecule has 0 spiro atoms. The monoisotopic (exact) mass is 432 g/mol. The summed E-state index contributed by atoms with van der Waals surface area (Å²) in [6.45, 7) is 6.12. The number of aliphatic hydroxyl groups is 1. The van der Waals surface area contributed by atoms with E-state index in [0.29, 0.717) is 11.6 Å². The summed E-state index contributed by atoms with van der Waals surface area (Å²) < 4.78 is 39.5. The van der Waals surface area contributed by atoms with E-state index in [2.05, 4.69) is 34.3 Å². The molecule has 1 saturated heterocycles. The first-order valence-electron chi connectivity index (χ1n) is 9.81. The molecule has 30 heavy (non-hydrogen) atoms. The Morgan fingerprint density at radius 2 is 1.90 bits per heavy atom. The number of aliphatic hydroxyl groups excluding tert-OH is 1. The van der Waals surface area contributed by atoms with Crippen molar-refractivity contribution in [3.63, 3.8) is 0 Å². The van der Waals surface area contributed by atoms with Gasteiger partial charge in [0.25, 0.3) is 0 Å². The zero-order chi connectivity index (χ0) is 22.1. The van der Waals surface area contributed by atoms with Crippen molar-refractivity contribution in [1.29, 1.82) is 0 Å². The van der Waals surface area contributed by atoms with Crippen molar-refractivity contribution < 1.29 is 32.6 Å². The molecule has 0 aliphatic carbocycles. The summed E-state index contributed by atoms with van der Waals surface area (Å²) in [5, 5.41) is 24.2. The van der Waals surface area contributed by atoms with Crippen LogP contribution in [-0.4, -0.2) is 55.3 Å². The summed E-state index contributed by atoms with van der Waals surface area (Å²) >= 11 is 0. The smallest absolute Gasteiger partial charge is 0.475 e. The first-order valence-corrected chi connectivity index (χ1v) is 9.81. The lowest BCUT2D eigenvalue weighted by molar-refractivity contribution is -0.192. The van der Waals surface area contributed by atoms with E-state index in [1.54, 1.807) is 0 Å². The fourth-order valence-electron chi connectivity index (χ4n) is 3.20. The van der Waals surface area contributed by atoms with Gasteiger partial charge in [-0.25, -0.2) is 4.79 Å². The van der Waals surface area contributed by atoms with Crippen LogP contribution in [0.3, 0.4) is 0 Å². The average molecular weight is 432 g/mol. The van der Waals surface area contributed by atoms with Crippen molar-refractivity contribution in [1.82, 2.24) is 19.9 Å². The van der Waals surface area contributed by atoms with Crippen LogP contribution in [-0.2, 0) is 30.9 Å². The predicted octanol–water partition coefficient (Wildman–Crippen LogP) is 2.86. The van der Waals surface area contributed by atoms with Crippen LogP contribution < -0.4 is 0 Å². The zero-order valence-electron chi connectivity index (χ0n) is 16.8. The predicted molar refractivity (Wildman–Crippen MR) is 100 cm³/mol. The summed E-state index contributed by atoms with van der Waals surface area (Å²) in [5.74, 6) is 0.0539. The molecular weight excluding hydrogens is 405 g/mol. The molecular formula is C19H27F3N4O4. The van der Waals surface area contributed by atoms with Crippen LogP contribution in [0.15, 0.2) is 22.7 Å². The molecule has 1 aliphatic heterocycles. The number of alkyl halides is 3. The van der Waals surface area contributed by atoms with Crippen LogP contribution in [0.5, 0.6) is 0 Å². The van der Waals surface area contributed by atoms with Gasteiger partial charge in [-0.3, -0.25) is 9.58 Å². The van der Waals surface area contributed by atoms with E-state index < -0.39 is 12.1 Å². The topological polar surface area (TPSA) is 105 Å². The number of carboxylic acid groups (broad SMARTS) is 1. The molecule has 3 heterocycles. The number of furan rings is 1. The number of hydrogen-bond donors (Lipinski definition) is 2. The molecule has 1 fully saturated rings. The number of carboxylic acids is 1. The third kappa shape index (κ3) is 7.79. The molecule has 2 aromatic rings. The van der Waals surface area contributed by atoms with Gasteiger partial charge in [-0.15, -0.1) is 5.10 Å². The van der Waals surface area contributed by atoms with E-state index in [-0.39, 0.29) is 6.61 Å². The molecule has 1 aliphatic rings. The van der Waals surface area contributed by atoms with Gasteiger partial charge in [0.2, 0.25) is 0 Å². The van der Waals surface area contributed by atoms with Gasteiger partial charge in [0, 0.05) is 13.0 Å². The Morgan fingerprint density at radius 1 is 1.27 bits per heavy atom. The maximum atomic E-state index is 10.6. The van der Waals surface area contributed by atoms with Crippen molar-refractivity contribution in [3.05, 3.63) is 35.5 Å². The van der Waals surface area contributed by atoms with Gasteiger partial charge in [0.1, 0.15) is 17.2 Å². The standard InChI is InChI=1S/C17H26N4O2.C2HF3O2/c1-2-3-16-4-5-17(23-16)12-20-8-6-14(7-9-20)10-21-11-15(13-22)18-19-21;3-2(4,5)1(6)7/h4-5,11,14,22H,2-3,6-10,12-13H2,1H3;(H,6,7). The van der Waals surface area contributed by atoms with E-state index in [1.165, 1.54) is 0 Å². The summed E-state index contributed by atoms with van der Waals surface area (Å²) in [7, 11) is 0. The molecule has 2 N–H and O–H groups in total. The summed E-state index contributed by atoms with van der Waals surface area (Å²) in [5.41, 5.74) is 0.642. The Morgan fingerprint density at radius 3 is 2.43 bits per heavy atom. The van der Waals surface area contributed by atoms with Gasteiger partial charge < -0.3 is 14.6 Å². The highest BCUT2D eigenvalue weighted by atomic mass is 19.4. The van der Waals surface area contributed by atoms with Gasteiger partial charge >= 0.3 is 12.1 Å². The number of likely N-dealkylation sites (tertiary alicyclic amines) is 1. The van der Waals surface area contributed by atoms with Gasteiger partial charge in [-0.1, -0.05) is 12.1 Å². The number of halogens is 3. The van der Waals surface area contributed by atoms with E-state index in [4.69, 9.17) is 19.4 Å².